The predicted octanol–water partition coefficient (Wildman–Crippen LogP) is 5.29. The first-order chi connectivity index (χ1) is 14.2. The Morgan fingerprint density at radius 1 is 1.17 bits per heavy atom. The van der Waals surface area contributed by atoms with E-state index in [2.05, 4.69) is 46.7 Å². The molecule has 1 aromatic heterocycles. The molecule has 0 saturated heterocycles. The van der Waals surface area contributed by atoms with Gasteiger partial charge in [-0.3, -0.25) is 0 Å². The van der Waals surface area contributed by atoms with Gasteiger partial charge < -0.3 is 20.1 Å². The van der Waals surface area contributed by atoms with Gasteiger partial charge in [0.25, 0.3) is 0 Å². The minimum absolute atomic E-state index is 0.387. The molecular weight excluding hydrogens is 384 g/mol. The zero-order valence-electron chi connectivity index (χ0n) is 16.1. The Morgan fingerprint density at radius 2 is 2.03 bits per heavy atom. The van der Waals surface area contributed by atoms with Crippen molar-refractivity contribution < 1.29 is 14.6 Å². The van der Waals surface area contributed by atoms with Gasteiger partial charge in [-0.1, -0.05) is 42.5 Å². The van der Waals surface area contributed by atoms with Gasteiger partial charge >= 0.3 is 6.16 Å². The van der Waals surface area contributed by atoms with Gasteiger partial charge in [0.05, 0.1) is 0 Å². The van der Waals surface area contributed by atoms with Crippen LogP contribution in [-0.4, -0.2) is 34.6 Å². The molecule has 2 heterocycles. The van der Waals surface area contributed by atoms with Crippen molar-refractivity contribution in [2.24, 2.45) is 0 Å². The van der Waals surface area contributed by atoms with Gasteiger partial charge in [0, 0.05) is 35.4 Å². The van der Waals surface area contributed by atoms with Crippen LogP contribution in [0.4, 0.5) is 4.79 Å². The number of benzene rings is 2. The molecular formula is C23H24N2O3S. The lowest BCUT2D eigenvalue weighted by molar-refractivity contribution is 0.145. The number of aromatic nitrogens is 1. The molecule has 1 unspecified atom stereocenters. The van der Waals surface area contributed by atoms with Crippen molar-refractivity contribution in [3.63, 3.8) is 0 Å². The average molecular weight is 409 g/mol. The fourth-order valence-electron chi connectivity index (χ4n) is 3.78. The Kier molecular flexibility index (Phi) is 6.22. The van der Waals surface area contributed by atoms with Crippen LogP contribution in [-0.2, 0) is 5.75 Å². The number of carboxylic acid groups (broad SMARTS) is 1. The Balaban J connectivity index is 1.32. The monoisotopic (exact) mass is 408 g/mol. The molecule has 1 aliphatic heterocycles. The number of H-pyrrole nitrogens is 1. The summed E-state index contributed by atoms with van der Waals surface area (Å²) < 4.78 is 4.95. The maximum Gasteiger partial charge on any atom is 0.511 e. The first-order valence-electron chi connectivity index (χ1n) is 9.76. The number of hydrogen-bond donors (Lipinski definition) is 3. The minimum atomic E-state index is -1.29. The van der Waals surface area contributed by atoms with Gasteiger partial charge in [-0.05, 0) is 47.4 Å². The number of thioether (sulfide) groups is 1. The Labute approximate surface area is 174 Å². The first-order valence-corrected chi connectivity index (χ1v) is 10.9. The molecule has 0 aliphatic carbocycles. The van der Waals surface area contributed by atoms with Gasteiger partial charge in [-0.2, -0.15) is 11.8 Å². The fraction of sp³-hybridized carbons (Fsp3) is 0.261. The van der Waals surface area contributed by atoms with Crippen molar-refractivity contribution in [2.75, 3.05) is 12.3 Å². The first kappa shape index (κ1) is 19.6. The van der Waals surface area contributed by atoms with Crippen LogP contribution >= 0.6 is 11.8 Å². The fourth-order valence-corrected chi connectivity index (χ4v) is 4.83. The number of rotatable bonds is 7. The minimum Gasteiger partial charge on any atom is -0.449 e. The van der Waals surface area contributed by atoms with E-state index < -0.39 is 6.16 Å². The number of hydrogen-bond acceptors (Lipinski definition) is 4. The summed E-state index contributed by atoms with van der Waals surface area (Å²) in [6.07, 6.45) is 5.09. The number of nitrogens with one attached hydrogen (secondary N) is 2. The quantitative estimate of drug-likeness (QED) is 0.281. The predicted molar refractivity (Wildman–Crippen MR) is 119 cm³/mol. The van der Waals surface area contributed by atoms with Gasteiger partial charge in [-0.15, -0.1) is 0 Å². The van der Waals surface area contributed by atoms with Crippen LogP contribution in [0.5, 0.6) is 5.75 Å². The molecule has 29 heavy (non-hydrogen) atoms. The van der Waals surface area contributed by atoms with Gasteiger partial charge in [0.1, 0.15) is 5.75 Å². The third-order valence-electron chi connectivity index (χ3n) is 5.18. The Hall–Kier alpha value is -2.70. The number of fused-ring (bicyclic) bond motifs is 1. The maximum atomic E-state index is 11.0. The zero-order chi connectivity index (χ0) is 20.1. The lowest BCUT2D eigenvalue weighted by Gasteiger charge is -2.24. The molecule has 2 aromatic carbocycles. The summed E-state index contributed by atoms with van der Waals surface area (Å²) in [5.74, 6) is 2.24. The molecule has 0 radical (unpaired) electrons. The van der Waals surface area contributed by atoms with Crippen LogP contribution in [0.1, 0.15) is 24.0 Å². The highest BCUT2D eigenvalue weighted by Gasteiger charge is 2.16. The largest absolute Gasteiger partial charge is 0.511 e. The molecule has 0 fully saturated rings. The van der Waals surface area contributed by atoms with Crippen LogP contribution < -0.4 is 10.1 Å². The Bertz CT molecular complexity index is 1010. The third kappa shape index (κ3) is 4.83. The van der Waals surface area contributed by atoms with E-state index in [0.717, 1.165) is 47.4 Å². The molecule has 5 nitrogen and oxygen atoms in total. The summed E-state index contributed by atoms with van der Waals surface area (Å²) in [6.45, 7) is 0.915. The van der Waals surface area contributed by atoms with Crippen molar-refractivity contribution >= 4 is 34.4 Å². The van der Waals surface area contributed by atoms with Crippen LogP contribution in [0, 0.1) is 0 Å². The van der Waals surface area contributed by atoms with Gasteiger partial charge in [0.15, 0.2) is 0 Å². The molecule has 3 N–H and O–H groups in total. The van der Waals surface area contributed by atoms with E-state index in [4.69, 9.17) is 9.84 Å². The van der Waals surface area contributed by atoms with Crippen LogP contribution in [0.25, 0.3) is 16.5 Å². The Morgan fingerprint density at radius 3 is 2.86 bits per heavy atom. The second-order valence-corrected chi connectivity index (χ2v) is 8.21. The highest BCUT2D eigenvalue weighted by molar-refractivity contribution is 7.98. The zero-order valence-corrected chi connectivity index (χ0v) is 16.9. The molecule has 1 atom stereocenters. The molecule has 0 amide bonds. The highest BCUT2D eigenvalue weighted by Crippen LogP contribution is 2.32. The lowest BCUT2D eigenvalue weighted by atomic mass is 9.94. The second-order valence-electron chi connectivity index (χ2n) is 7.11. The summed E-state index contributed by atoms with van der Waals surface area (Å²) in [6, 6.07) is 16.5. The second kappa shape index (κ2) is 9.20. The van der Waals surface area contributed by atoms with Crippen molar-refractivity contribution in [3.05, 3.63) is 71.9 Å². The SMILES string of the molecule is O=C(O)Oc1cccc2[nH]cc(CSCCC3CC(c4ccccc4)=CCN3)c12. The summed E-state index contributed by atoms with van der Waals surface area (Å²) >= 11 is 1.86. The van der Waals surface area contributed by atoms with Crippen molar-refractivity contribution in [1.29, 1.82) is 0 Å². The van der Waals surface area contributed by atoms with Gasteiger partial charge in [0.2, 0.25) is 0 Å². The van der Waals surface area contributed by atoms with Crippen LogP contribution in [0.2, 0.25) is 0 Å². The van der Waals surface area contributed by atoms with E-state index >= 15 is 0 Å². The summed E-state index contributed by atoms with van der Waals surface area (Å²) in [5.41, 5.74) is 4.71. The van der Waals surface area contributed by atoms with E-state index in [1.807, 2.05) is 24.0 Å². The molecule has 1 aliphatic rings. The molecule has 150 valence electrons. The standard InChI is InChI=1S/C23H24N2O3S/c26-23(27)28-21-8-4-7-20-22(21)18(14-25-20)15-29-12-10-19-13-17(9-11-24-19)16-5-2-1-3-6-16/h1-9,14,19,24-25H,10-13,15H2,(H,26,27). The van der Waals surface area contributed by atoms with E-state index in [9.17, 15) is 4.79 Å². The van der Waals surface area contributed by atoms with Crippen molar-refractivity contribution in [3.8, 4) is 5.75 Å². The molecule has 3 aromatic rings. The molecule has 4 rings (SSSR count). The maximum absolute atomic E-state index is 11.0. The lowest BCUT2D eigenvalue weighted by Crippen LogP contribution is -2.33. The van der Waals surface area contributed by atoms with E-state index in [0.29, 0.717) is 11.8 Å². The van der Waals surface area contributed by atoms with Gasteiger partial charge in [-0.25, -0.2) is 4.79 Å². The molecule has 0 bridgehead atoms. The van der Waals surface area contributed by atoms with Crippen LogP contribution in [0.3, 0.4) is 0 Å². The molecule has 6 heteroatoms. The summed E-state index contributed by atoms with van der Waals surface area (Å²) in [7, 11) is 0. The van der Waals surface area contributed by atoms with E-state index in [1.165, 1.54) is 11.1 Å². The average Bonchev–Trinajstić information content (AvgIpc) is 3.16. The topological polar surface area (TPSA) is 74.3 Å². The van der Waals surface area contributed by atoms with Crippen molar-refractivity contribution in [2.45, 2.75) is 24.6 Å². The van der Waals surface area contributed by atoms with E-state index in [-0.39, 0.29) is 0 Å². The highest BCUT2D eigenvalue weighted by atomic mass is 32.2. The number of carbonyl (C=O) groups is 1. The normalized spacial score (nSPS) is 16.6. The number of ether oxygens (including phenoxy) is 1. The summed E-state index contributed by atoms with van der Waals surface area (Å²) in [5, 5.41) is 13.4. The third-order valence-corrected chi connectivity index (χ3v) is 6.22. The smallest absolute Gasteiger partial charge is 0.449 e. The number of aromatic amines is 1. The molecule has 0 saturated carbocycles. The van der Waals surface area contributed by atoms with E-state index in [1.54, 1.807) is 12.1 Å². The van der Waals surface area contributed by atoms with Crippen molar-refractivity contribution in [1.82, 2.24) is 10.3 Å². The molecule has 0 spiro atoms. The summed E-state index contributed by atoms with van der Waals surface area (Å²) in [4.78, 5) is 14.2. The van der Waals surface area contributed by atoms with Crippen LogP contribution in [0.15, 0.2) is 60.8 Å².